The summed E-state index contributed by atoms with van der Waals surface area (Å²) in [6, 6.07) is 12.6. The third kappa shape index (κ3) is 14.4. The van der Waals surface area contributed by atoms with Gasteiger partial charge in [0.05, 0.1) is 49.1 Å². The van der Waals surface area contributed by atoms with Crippen molar-refractivity contribution in [1.82, 2.24) is 15.2 Å². The summed E-state index contributed by atoms with van der Waals surface area (Å²) < 4.78 is 32.7. The monoisotopic (exact) mass is 1360 g/mol. The molecule has 96 heavy (non-hydrogen) atoms. The zero-order chi connectivity index (χ0) is 66.7. The van der Waals surface area contributed by atoms with Crippen molar-refractivity contribution < 1.29 is 69.3 Å². The molecular weight excluding hydrogens is 1250 g/mol. The van der Waals surface area contributed by atoms with E-state index in [0.717, 1.165) is 124 Å². The number of fused-ring (bicyclic) bond motifs is 6. The molecule has 1 amide bonds. The Kier molecular flexibility index (Phi) is 22.1. The van der Waals surface area contributed by atoms with Crippen molar-refractivity contribution in [2.75, 3.05) is 39.6 Å². The molecule has 5 aliphatic carbocycles. The summed E-state index contributed by atoms with van der Waals surface area (Å²) in [5, 5.41) is 103. The minimum Gasteiger partial charge on any atom is -0.504 e. The fourth-order valence-corrected chi connectivity index (χ4v) is 22.9. The Morgan fingerprint density at radius 1 is 0.802 bits per heavy atom. The fraction of sp³-hybridized carbons (Fsp3) is 0.675. The van der Waals surface area contributed by atoms with E-state index in [9.17, 15) is 45.6 Å². The number of nitrogens with one attached hydrogen (secondary N) is 2. The molecule has 5 fully saturated rings. The van der Waals surface area contributed by atoms with Crippen molar-refractivity contribution >= 4 is 38.3 Å². The number of aliphatic hydroxyl groups is 6. The maximum absolute atomic E-state index is 14.9. The molecule has 14 rings (SSSR count). The van der Waals surface area contributed by atoms with Gasteiger partial charge in [-0.25, -0.2) is 0 Å². The summed E-state index contributed by atoms with van der Waals surface area (Å²) in [7, 11) is 4.31. The summed E-state index contributed by atoms with van der Waals surface area (Å²) in [5.74, 6) is 16.2. The molecule has 3 aromatic carbocycles. The first-order valence-corrected chi connectivity index (χ1v) is 38.6. The van der Waals surface area contributed by atoms with Gasteiger partial charge in [0.15, 0.2) is 29.8 Å². The number of aromatic nitrogens is 1. The van der Waals surface area contributed by atoms with Gasteiger partial charge in [0.25, 0.3) is 0 Å². The largest absolute Gasteiger partial charge is 0.504 e. The van der Waals surface area contributed by atoms with Gasteiger partial charge in [0.2, 0.25) is 11.7 Å². The molecule has 0 radical (unpaired) electrons. The highest BCUT2D eigenvalue weighted by Gasteiger charge is 2.62. The molecule has 17 nitrogen and oxygen atoms in total. The molecule has 1 aromatic heterocycles. The molecule has 3 spiro atoms. The van der Waals surface area contributed by atoms with E-state index in [0.29, 0.717) is 61.9 Å². The van der Waals surface area contributed by atoms with Crippen molar-refractivity contribution in [3.05, 3.63) is 77.1 Å². The van der Waals surface area contributed by atoms with Gasteiger partial charge >= 0.3 is 0 Å². The smallest absolute Gasteiger partial charge is 0.228 e. The Balaban J connectivity index is 0.895. The zero-order valence-corrected chi connectivity index (χ0v) is 57.8. The topological polar surface area (TPSA) is 254 Å². The highest BCUT2D eigenvalue weighted by Crippen LogP contribution is 2.61. The second-order valence-corrected chi connectivity index (χ2v) is 32.9. The van der Waals surface area contributed by atoms with Crippen LogP contribution >= 0.6 is 21.6 Å². The van der Waals surface area contributed by atoms with Crippen LogP contribution in [0.25, 0.3) is 10.8 Å². The van der Waals surface area contributed by atoms with Gasteiger partial charge in [-0.05, 0) is 204 Å². The molecule has 6 heterocycles. The van der Waals surface area contributed by atoms with Crippen LogP contribution in [0.4, 0.5) is 0 Å². The maximum Gasteiger partial charge on any atom is 0.228 e. The van der Waals surface area contributed by atoms with Gasteiger partial charge in [0.1, 0.15) is 13.5 Å². The Labute approximate surface area is 574 Å². The second-order valence-electron chi connectivity index (χ2n) is 30.2. The molecule has 522 valence electrons. The van der Waals surface area contributed by atoms with Crippen LogP contribution in [0.15, 0.2) is 54.9 Å². The van der Waals surface area contributed by atoms with Crippen molar-refractivity contribution in [3.63, 3.8) is 0 Å². The minimum absolute atomic E-state index is 0.0146. The predicted octanol–water partition coefficient (Wildman–Crippen LogP) is 11.3. The van der Waals surface area contributed by atoms with Crippen LogP contribution in [-0.4, -0.2) is 133 Å². The van der Waals surface area contributed by atoms with Gasteiger partial charge in [-0.3, -0.25) is 4.79 Å². The van der Waals surface area contributed by atoms with E-state index in [1.807, 2.05) is 47.3 Å². The second kappa shape index (κ2) is 30.5. The van der Waals surface area contributed by atoms with E-state index in [1.54, 1.807) is 12.1 Å². The van der Waals surface area contributed by atoms with E-state index in [4.69, 9.17) is 23.7 Å². The van der Waals surface area contributed by atoms with Crippen LogP contribution in [0.2, 0.25) is 0 Å². The number of aryl methyl sites for hydroxylation is 1. The van der Waals surface area contributed by atoms with E-state index in [2.05, 4.69) is 41.2 Å². The third-order valence-corrected chi connectivity index (χ3v) is 27.3. The summed E-state index contributed by atoms with van der Waals surface area (Å²) in [5.41, 5.74) is 1.72. The number of rotatable bonds is 7. The van der Waals surface area contributed by atoms with Crippen LogP contribution in [0.5, 0.6) is 28.7 Å². The van der Waals surface area contributed by atoms with Gasteiger partial charge < -0.3 is 79.7 Å². The normalized spacial score (nSPS) is 36.0. The standard InChI is InChI=1S/C77H103N3O14S2/c1-47-30-50-12-8-15-53-14-4-7-28-77(53)72-62(79-74(77)89)17-10-29-91-44-80-41-52-13-9-16-56(59(52)42-80)65(85)38-71-57-37-66(86)68(94-55-21-19-51-40-78-75(24-5-3-6-25-75)26-11-27-76(39-47,61(51)35-55)60(50)22-23-63(72)83)34-49(57)18-20-54(92-45-81)36-64(84)58(67(87)43-95-96-71)31-48-32-69(90-2)73(88)70(33-48)93-46-82/h9,13,16,32-34,37,41-42,47,50-51,53-55,58,60-65,67,71-72,78,81-88H,3-7,10,12,14,17-26,28-31,35-36,38-40,43-46H2,1-2H3,(H,79,89). The lowest BCUT2D eigenvalue weighted by Gasteiger charge is -2.55. The molecule has 10 bridgehead atoms. The van der Waals surface area contributed by atoms with Crippen molar-refractivity contribution in [3.8, 4) is 52.4 Å². The van der Waals surface area contributed by atoms with Crippen LogP contribution in [0.1, 0.15) is 188 Å². The molecule has 1 saturated heterocycles. The van der Waals surface area contributed by atoms with E-state index in [-0.39, 0.29) is 108 Å². The van der Waals surface area contributed by atoms with Crippen molar-refractivity contribution in [1.29, 1.82) is 0 Å². The lowest BCUT2D eigenvalue weighted by Crippen LogP contribution is -2.54. The molecule has 10 N–H and O–H groups in total. The third-order valence-electron chi connectivity index (χ3n) is 24.5. The number of benzene rings is 3. The van der Waals surface area contributed by atoms with Gasteiger partial charge in [0, 0.05) is 83.0 Å². The number of ether oxygens (including phenoxy) is 5. The molecule has 4 aromatic rings. The molecular formula is C77H103N3O14S2. The molecule has 19 heteroatoms. The minimum atomic E-state index is -1.14. The number of hydrogen-bond donors (Lipinski definition) is 10. The van der Waals surface area contributed by atoms with Gasteiger partial charge in [-0.15, -0.1) is 11.8 Å². The highest BCUT2D eigenvalue weighted by molar-refractivity contribution is 8.76. The van der Waals surface area contributed by atoms with E-state index in [1.165, 1.54) is 48.0 Å². The van der Waals surface area contributed by atoms with Crippen molar-refractivity contribution in [2.24, 2.45) is 58.2 Å². The summed E-state index contributed by atoms with van der Waals surface area (Å²) in [6.45, 7) is 2.70. The SMILES string of the molecule is COc1cc(CC2C(O)CSSC3CC(O)c4cccc5cn(cc45)COCCCC4NC(=O)C56CCCCC5C#CCC5CC(C)CC7(C#CCC8(CCCCC8)NCC8CCC(CC87)Oc7cc(c3cc7O)CCC(OCO)CC2O)C5CCC(O)C46)cc(OCO)c1O. The zero-order valence-electron chi connectivity index (χ0n) is 56.1. The van der Waals surface area contributed by atoms with Crippen LogP contribution in [0, 0.1) is 81.9 Å². The molecule has 4 saturated carbocycles. The van der Waals surface area contributed by atoms with Crippen LogP contribution in [0.3, 0.4) is 0 Å². The average Bonchev–Trinajstić information content (AvgIpc) is 1.53. The number of nitrogens with zero attached hydrogens (tertiary/aromatic N) is 1. The summed E-state index contributed by atoms with van der Waals surface area (Å²) in [4.78, 5) is 14.9. The Bertz CT molecular complexity index is 3480. The van der Waals surface area contributed by atoms with Crippen LogP contribution in [-0.2, 0) is 33.8 Å². The number of carbonyl (C=O) groups excluding carboxylic acids is 1. The lowest BCUT2D eigenvalue weighted by molar-refractivity contribution is -0.136. The number of carbonyl (C=O) groups is 1. The van der Waals surface area contributed by atoms with Gasteiger partial charge in [-0.2, -0.15) is 0 Å². The van der Waals surface area contributed by atoms with Crippen molar-refractivity contribution in [2.45, 2.75) is 228 Å². The van der Waals surface area contributed by atoms with Gasteiger partial charge in [-0.1, -0.05) is 90.7 Å². The molecule has 5 aliphatic heterocycles. The van der Waals surface area contributed by atoms with Crippen LogP contribution < -0.4 is 24.8 Å². The molecule has 10 aliphatic rings. The summed E-state index contributed by atoms with van der Waals surface area (Å²) >= 11 is 0. The predicted molar refractivity (Wildman–Crippen MR) is 371 cm³/mol. The quantitative estimate of drug-likeness (QED) is 0.0469. The number of phenols is 2. The van der Waals surface area contributed by atoms with E-state index < -0.39 is 66.1 Å². The maximum atomic E-state index is 14.9. The first-order chi connectivity index (χ1) is 46.6. The highest BCUT2D eigenvalue weighted by atomic mass is 33.1. The number of amides is 1. The fourth-order valence-electron chi connectivity index (χ4n) is 20.0. The Hall–Kier alpha value is -4.87. The number of hydrogen-bond acceptors (Lipinski definition) is 17. The number of aromatic hydroxyl groups is 2. The summed E-state index contributed by atoms with van der Waals surface area (Å²) in [6.07, 6.45) is 18.2. The first-order valence-electron chi connectivity index (χ1n) is 36.2. The number of methoxy groups -OCH3 is 1. The Morgan fingerprint density at radius 3 is 2.48 bits per heavy atom. The number of phenolic OH excluding ortho intramolecular Hbond substituents is 2. The lowest BCUT2D eigenvalue weighted by atomic mass is 9.48. The molecule has 18 unspecified atom stereocenters. The average molecular weight is 1360 g/mol. The molecule has 18 atom stereocenters. The Morgan fingerprint density at radius 2 is 1.65 bits per heavy atom. The first kappa shape index (κ1) is 69.6. The van der Waals surface area contributed by atoms with E-state index >= 15 is 0 Å². The number of aliphatic hydroxyl groups excluding tert-OH is 6.